The lowest BCUT2D eigenvalue weighted by molar-refractivity contribution is -0.127. The predicted molar refractivity (Wildman–Crippen MR) is 148 cm³/mol. The van der Waals surface area contributed by atoms with Crippen molar-refractivity contribution >= 4 is 56.6 Å². The van der Waals surface area contributed by atoms with E-state index in [0.29, 0.717) is 45.4 Å². The summed E-state index contributed by atoms with van der Waals surface area (Å²) in [5, 5.41) is 6.65. The highest BCUT2D eigenvalue weighted by atomic mass is 32.1. The number of rotatable bonds is 5. The van der Waals surface area contributed by atoms with Gasteiger partial charge in [-0.2, -0.15) is 0 Å². The van der Waals surface area contributed by atoms with Gasteiger partial charge in [0, 0.05) is 31.5 Å². The molecule has 1 unspecified atom stereocenters. The Bertz CT molecular complexity index is 1580. The zero-order valence-electron chi connectivity index (χ0n) is 20.4. The average Bonchev–Trinajstić information content (AvgIpc) is 3.33. The summed E-state index contributed by atoms with van der Waals surface area (Å²) < 4.78 is 0. The summed E-state index contributed by atoms with van der Waals surface area (Å²) in [5.74, 6) is 0.0187. The van der Waals surface area contributed by atoms with Crippen LogP contribution in [0.4, 0.5) is 22.0 Å². The van der Waals surface area contributed by atoms with Gasteiger partial charge < -0.3 is 15.5 Å². The number of piperidine rings is 1. The fourth-order valence-corrected chi connectivity index (χ4v) is 6.02. The van der Waals surface area contributed by atoms with E-state index in [9.17, 15) is 14.4 Å². The molecule has 1 aromatic carbocycles. The molecule has 1 saturated heterocycles. The smallest absolute Gasteiger partial charge is 0.332 e. The zero-order valence-corrected chi connectivity index (χ0v) is 21.2. The Morgan fingerprint density at radius 1 is 1.11 bits per heavy atom. The summed E-state index contributed by atoms with van der Waals surface area (Å²) in [6.45, 7) is 4.62. The lowest BCUT2D eigenvalue weighted by atomic mass is 10.1. The number of thiophene rings is 1. The van der Waals surface area contributed by atoms with Gasteiger partial charge in [0.25, 0.3) is 5.91 Å². The number of likely N-dealkylation sites (tertiary alicyclic amines) is 1. The summed E-state index contributed by atoms with van der Waals surface area (Å²) in [6, 6.07) is 14.8. The van der Waals surface area contributed by atoms with Crippen LogP contribution < -0.4 is 15.5 Å². The number of pyridine rings is 2. The van der Waals surface area contributed by atoms with Gasteiger partial charge >= 0.3 is 6.03 Å². The first-order valence-corrected chi connectivity index (χ1v) is 13.1. The van der Waals surface area contributed by atoms with E-state index in [1.165, 1.54) is 22.3 Å². The summed E-state index contributed by atoms with van der Waals surface area (Å²) in [5.41, 5.74) is 3.00. The number of aromatic nitrogens is 2. The number of nitrogens with one attached hydrogen (secondary N) is 2. The summed E-state index contributed by atoms with van der Waals surface area (Å²) in [4.78, 5) is 52.0. The first-order chi connectivity index (χ1) is 18.5. The first kappa shape index (κ1) is 23.8. The standard InChI is InChI=1S/C28H24N6O3S/c1-2-22(35)33-14-6-9-19(16-33)31-26(36)25-24-23-20(11-13-30-27(23)38-25)34(28(37)32-24)21-15-18(10-12-29-21)17-7-4-3-5-8-17/h2-5,7-8,10-13,15,19H,1,6,9,14,16H2,(H,31,36)(H,32,37). The molecular weight excluding hydrogens is 500 g/mol. The van der Waals surface area contributed by atoms with E-state index in [4.69, 9.17) is 0 Å². The lowest BCUT2D eigenvalue weighted by Gasteiger charge is -2.32. The van der Waals surface area contributed by atoms with Crippen LogP contribution in [0.2, 0.25) is 0 Å². The molecule has 9 nitrogen and oxygen atoms in total. The molecule has 4 amide bonds. The Morgan fingerprint density at radius 2 is 1.92 bits per heavy atom. The maximum Gasteiger partial charge on any atom is 0.332 e. The van der Waals surface area contributed by atoms with E-state index in [2.05, 4.69) is 27.2 Å². The van der Waals surface area contributed by atoms with Crippen LogP contribution >= 0.6 is 11.3 Å². The third-order valence-electron chi connectivity index (χ3n) is 6.78. The zero-order chi connectivity index (χ0) is 26.2. The average molecular weight is 525 g/mol. The molecule has 0 saturated carbocycles. The monoisotopic (exact) mass is 524 g/mol. The molecule has 1 atom stereocenters. The second-order valence-electron chi connectivity index (χ2n) is 9.15. The largest absolute Gasteiger partial charge is 0.347 e. The maximum absolute atomic E-state index is 13.4. The molecule has 0 spiro atoms. The van der Waals surface area contributed by atoms with Crippen LogP contribution in [0.3, 0.4) is 0 Å². The van der Waals surface area contributed by atoms with Crippen LogP contribution in [-0.2, 0) is 4.79 Å². The van der Waals surface area contributed by atoms with Crippen LogP contribution in [0, 0.1) is 0 Å². The summed E-state index contributed by atoms with van der Waals surface area (Å²) >= 11 is 1.23. The van der Waals surface area contributed by atoms with Crippen LogP contribution in [0.15, 0.2) is 73.6 Å². The van der Waals surface area contributed by atoms with Crippen molar-refractivity contribution < 1.29 is 14.4 Å². The van der Waals surface area contributed by atoms with Crippen LogP contribution in [0.25, 0.3) is 21.3 Å². The molecule has 38 heavy (non-hydrogen) atoms. The molecule has 190 valence electrons. The van der Waals surface area contributed by atoms with E-state index in [0.717, 1.165) is 24.0 Å². The topological polar surface area (TPSA) is 108 Å². The van der Waals surface area contributed by atoms with Crippen molar-refractivity contribution in [3.8, 4) is 11.1 Å². The van der Waals surface area contributed by atoms with Gasteiger partial charge in [0.05, 0.1) is 16.8 Å². The number of hydrogen-bond donors (Lipinski definition) is 2. The molecular formula is C28H24N6O3S. The van der Waals surface area contributed by atoms with Crippen molar-refractivity contribution in [1.29, 1.82) is 0 Å². The van der Waals surface area contributed by atoms with Gasteiger partial charge in [-0.05, 0) is 48.2 Å². The number of carbonyl (C=O) groups excluding carboxylic acids is 3. The lowest BCUT2D eigenvalue weighted by Crippen LogP contribution is -2.49. The Morgan fingerprint density at radius 3 is 2.74 bits per heavy atom. The van der Waals surface area contributed by atoms with Crippen molar-refractivity contribution in [2.24, 2.45) is 0 Å². The fraction of sp³-hybridized carbons (Fsp3) is 0.179. The molecule has 1 fully saturated rings. The molecule has 5 heterocycles. The number of amides is 4. The van der Waals surface area contributed by atoms with E-state index in [1.54, 1.807) is 23.4 Å². The van der Waals surface area contributed by atoms with Gasteiger partial charge in [-0.3, -0.25) is 9.59 Å². The fourth-order valence-electron chi connectivity index (χ4n) is 5.00. The summed E-state index contributed by atoms with van der Waals surface area (Å²) in [7, 11) is 0. The number of benzene rings is 1. The Balaban J connectivity index is 1.33. The Labute approximate surface area is 222 Å². The number of hydrogen-bond acceptors (Lipinski definition) is 6. The highest BCUT2D eigenvalue weighted by Gasteiger charge is 2.34. The SMILES string of the molecule is C=CC(=O)N1CCCC(NC(=O)c2sc3nccc4c3c2NC(=O)N4c2cc(-c3ccccc3)ccn2)C1. The van der Waals surface area contributed by atoms with Gasteiger partial charge in [0.1, 0.15) is 15.5 Å². The molecule has 0 bridgehead atoms. The van der Waals surface area contributed by atoms with Crippen molar-refractivity contribution in [2.45, 2.75) is 18.9 Å². The first-order valence-electron chi connectivity index (χ1n) is 12.3. The minimum Gasteiger partial charge on any atom is -0.347 e. The van der Waals surface area contributed by atoms with Gasteiger partial charge in [-0.25, -0.2) is 19.7 Å². The molecule has 2 N–H and O–H groups in total. The number of urea groups is 1. The quantitative estimate of drug-likeness (QED) is 0.359. The van der Waals surface area contributed by atoms with Crippen LogP contribution in [0.5, 0.6) is 0 Å². The Hall–Kier alpha value is -4.57. The number of carbonyl (C=O) groups is 3. The molecule has 10 heteroatoms. The minimum absolute atomic E-state index is 0.146. The Kier molecular flexibility index (Phi) is 6.09. The summed E-state index contributed by atoms with van der Waals surface area (Å²) in [6.07, 6.45) is 6.15. The van der Waals surface area contributed by atoms with E-state index >= 15 is 0 Å². The van der Waals surface area contributed by atoms with Gasteiger partial charge in [-0.1, -0.05) is 36.9 Å². The molecule has 2 aliphatic heterocycles. The maximum atomic E-state index is 13.4. The second kappa shape index (κ2) is 9.71. The second-order valence-corrected chi connectivity index (χ2v) is 10.2. The third kappa shape index (κ3) is 4.18. The normalized spacial score (nSPS) is 16.7. The molecule has 0 radical (unpaired) electrons. The molecule has 2 aliphatic rings. The van der Waals surface area contributed by atoms with Crippen molar-refractivity contribution in [2.75, 3.05) is 23.3 Å². The van der Waals surface area contributed by atoms with E-state index < -0.39 is 6.03 Å². The van der Waals surface area contributed by atoms with Gasteiger partial charge in [0.2, 0.25) is 5.91 Å². The third-order valence-corrected chi connectivity index (χ3v) is 7.87. The van der Waals surface area contributed by atoms with Gasteiger partial charge in [0.15, 0.2) is 0 Å². The molecule has 4 aromatic rings. The highest BCUT2D eigenvalue weighted by Crippen LogP contribution is 2.45. The van der Waals surface area contributed by atoms with Gasteiger partial charge in [-0.15, -0.1) is 11.3 Å². The van der Waals surface area contributed by atoms with Crippen molar-refractivity contribution in [1.82, 2.24) is 20.2 Å². The molecule has 6 rings (SSSR count). The molecule has 0 aliphatic carbocycles. The van der Waals surface area contributed by atoms with Crippen LogP contribution in [-0.4, -0.2) is 51.8 Å². The van der Waals surface area contributed by atoms with E-state index in [-0.39, 0.29) is 17.9 Å². The number of nitrogens with zero attached hydrogens (tertiary/aromatic N) is 4. The van der Waals surface area contributed by atoms with Crippen LogP contribution in [0.1, 0.15) is 22.5 Å². The highest BCUT2D eigenvalue weighted by molar-refractivity contribution is 7.21. The van der Waals surface area contributed by atoms with Crippen molar-refractivity contribution in [3.63, 3.8) is 0 Å². The number of anilines is 3. The predicted octanol–water partition coefficient (Wildman–Crippen LogP) is 4.95. The van der Waals surface area contributed by atoms with Crippen molar-refractivity contribution in [3.05, 3.63) is 78.5 Å². The minimum atomic E-state index is -0.407. The molecule has 3 aromatic heterocycles. The van der Waals surface area contributed by atoms with E-state index in [1.807, 2.05) is 42.5 Å².